The molecule has 5 nitrogen and oxygen atoms in total. The van der Waals surface area contributed by atoms with Gasteiger partial charge in [0, 0.05) is 38.6 Å². The maximum atomic E-state index is 12.5. The lowest BCUT2D eigenvalue weighted by atomic mass is 9.80. The maximum absolute atomic E-state index is 12.5. The zero-order chi connectivity index (χ0) is 14.9. The summed E-state index contributed by atoms with van der Waals surface area (Å²) in [6.07, 6.45) is 4.81. The minimum Gasteiger partial charge on any atom is -0.381 e. The number of amides is 1. The van der Waals surface area contributed by atoms with E-state index in [1.54, 1.807) is 0 Å². The summed E-state index contributed by atoms with van der Waals surface area (Å²) in [7, 11) is 0. The lowest BCUT2D eigenvalue weighted by molar-refractivity contribution is -0.138. The first-order valence-corrected chi connectivity index (χ1v) is 8.98. The molecule has 0 aromatic carbocycles. The first-order chi connectivity index (χ1) is 10.8. The van der Waals surface area contributed by atoms with E-state index in [0.29, 0.717) is 43.3 Å². The van der Waals surface area contributed by atoms with Gasteiger partial charge in [0.15, 0.2) is 0 Å². The molecule has 4 rings (SSSR count). The molecule has 0 unspecified atom stereocenters. The average Bonchev–Trinajstić information content (AvgIpc) is 2.90. The molecule has 3 atom stereocenters. The van der Waals surface area contributed by atoms with Gasteiger partial charge < -0.3 is 14.4 Å². The minimum absolute atomic E-state index is 0.305. The molecule has 3 heterocycles. The van der Waals surface area contributed by atoms with Gasteiger partial charge in [0.2, 0.25) is 5.91 Å². The molecule has 4 fully saturated rings. The third-order valence-electron chi connectivity index (χ3n) is 6.18. The van der Waals surface area contributed by atoms with Crippen LogP contribution >= 0.6 is 0 Å². The van der Waals surface area contributed by atoms with Gasteiger partial charge in [0.1, 0.15) is 0 Å². The zero-order valence-corrected chi connectivity index (χ0v) is 13.4. The van der Waals surface area contributed by atoms with Crippen LogP contribution in [-0.4, -0.2) is 74.4 Å². The number of ether oxygens (including phenoxy) is 2. The molecule has 4 aliphatic rings. The Labute approximate surface area is 132 Å². The molecule has 3 saturated heterocycles. The number of hydrogen-bond acceptors (Lipinski definition) is 4. The summed E-state index contributed by atoms with van der Waals surface area (Å²) < 4.78 is 11.2. The predicted octanol–water partition coefficient (Wildman–Crippen LogP) is 0.982. The van der Waals surface area contributed by atoms with Gasteiger partial charge in [0.05, 0.1) is 26.4 Å². The van der Waals surface area contributed by atoms with Crippen LogP contribution in [0.1, 0.15) is 25.7 Å². The lowest BCUT2D eigenvalue weighted by Gasteiger charge is -2.36. The number of carbonyl (C=O) groups excluding carboxylic acids is 1. The molecule has 0 spiro atoms. The zero-order valence-electron chi connectivity index (χ0n) is 13.4. The summed E-state index contributed by atoms with van der Waals surface area (Å²) in [4.78, 5) is 17.2. The van der Waals surface area contributed by atoms with Crippen LogP contribution in [0.25, 0.3) is 0 Å². The second-order valence-electron chi connectivity index (χ2n) is 7.46. The van der Waals surface area contributed by atoms with Crippen molar-refractivity contribution in [1.29, 1.82) is 0 Å². The van der Waals surface area contributed by atoms with E-state index in [1.807, 2.05) is 4.90 Å². The Morgan fingerprint density at radius 2 is 1.86 bits per heavy atom. The van der Waals surface area contributed by atoms with Crippen molar-refractivity contribution in [2.24, 2.45) is 17.8 Å². The van der Waals surface area contributed by atoms with Gasteiger partial charge in [-0.3, -0.25) is 9.69 Å². The molecule has 5 heteroatoms. The van der Waals surface area contributed by atoms with E-state index in [2.05, 4.69) is 4.90 Å². The number of carbonyl (C=O) groups is 1. The normalized spacial score (nSPS) is 36.9. The van der Waals surface area contributed by atoms with Crippen molar-refractivity contribution in [2.75, 3.05) is 52.6 Å². The fourth-order valence-electron chi connectivity index (χ4n) is 4.56. The Balaban J connectivity index is 1.35. The van der Waals surface area contributed by atoms with E-state index in [9.17, 15) is 4.79 Å². The van der Waals surface area contributed by atoms with Crippen LogP contribution in [0.3, 0.4) is 0 Å². The van der Waals surface area contributed by atoms with Crippen LogP contribution in [0.4, 0.5) is 0 Å². The van der Waals surface area contributed by atoms with E-state index in [4.69, 9.17) is 9.47 Å². The van der Waals surface area contributed by atoms with Gasteiger partial charge in [-0.2, -0.15) is 0 Å². The number of nitrogens with zero attached hydrogens (tertiary/aromatic N) is 2. The van der Waals surface area contributed by atoms with Crippen LogP contribution in [0.15, 0.2) is 0 Å². The topological polar surface area (TPSA) is 42.0 Å². The number of morpholine rings is 1. The first-order valence-electron chi connectivity index (χ1n) is 8.98. The van der Waals surface area contributed by atoms with Gasteiger partial charge in [0.25, 0.3) is 0 Å². The molecule has 0 bridgehead atoms. The quantitative estimate of drug-likeness (QED) is 0.779. The molecule has 1 aliphatic carbocycles. The first kappa shape index (κ1) is 14.9. The molecule has 0 aromatic heterocycles. The van der Waals surface area contributed by atoms with Crippen molar-refractivity contribution in [3.8, 4) is 0 Å². The Morgan fingerprint density at radius 1 is 1.05 bits per heavy atom. The van der Waals surface area contributed by atoms with Gasteiger partial charge in [-0.1, -0.05) is 6.42 Å². The van der Waals surface area contributed by atoms with E-state index in [1.165, 1.54) is 32.4 Å². The summed E-state index contributed by atoms with van der Waals surface area (Å²) in [6, 6.07) is 0.821. The van der Waals surface area contributed by atoms with Gasteiger partial charge >= 0.3 is 0 Å². The Hall–Kier alpha value is -0.650. The number of likely N-dealkylation sites (tertiary alicyclic amines) is 1. The molecule has 1 amide bonds. The van der Waals surface area contributed by atoms with Crippen LogP contribution in [-0.2, 0) is 14.3 Å². The smallest absolute Gasteiger partial charge is 0.223 e. The monoisotopic (exact) mass is 308 g/mol. The second kappa shape index (κ2) is 6.46. The van der Waals surface area contributed by atoms with Crippen LogP contribution in [0.5, 0.6) is 0 Å². The fourth-order valence-corrected chi connectivity index (χ4v) is 4.56. The molecule has 22 heavy (non-hydrogen) atoms. The van der Waals surface area contributed by atoms with Crippen molar-refractivity contribution in [3.63, 3.8) is 0 Å². The second-order valence-corrected chi connectivity index (χ2v) is 7.46. The standard InChI is InChI=1S/C17H28N2O3/c20-17(18-4-6-21-7-5-18)8-13-11-22-12-14-9-19(10-16(13)14)15-2-1-3-15/h13-16H,1-12H2/t13-,14-,16+/m1/s1. The largest absolute Gasteiger partial charge is 0.381 e. The highest BCUT2D eigenvalue weighted by Crippen LogP contribution is 2.39. The van der Waals surface area contributed by atoms with Crippen molar-refractivity contribution >= 4 is 5.91 Å². The summed E-state index contributed by atoms with van der Waals surface area (Å²) in [5.41, 5.74) is 0. The lowest BCUT2D eigenvalue weighted by Crippen LogP contribution is -2.44. The number of rotatable bonds is 3. The summed E-state index contributed by atoms with van der Waals surface area (Å²) in [6.45, 7) is 6.95. The SMILES string of the molecule is O=C(C[C@@H]1COC[C@H]2CN(C3CCC3)C[C@@H]12)N1CCOCC1. The predicted molar refractivity (Wildman–Crippen MR) is 82.5 cm³/mol. The maximum Gasteiger partial charge on any atom is 0.223 e. The summed E-state index contributed by atoms with van der Waals surface area (Å²) in [5, 5.41) is 0. The van der Waals surface area contributed by atoms with Gasteiger partial charge in [-0.15, -0.1) is 0 Å². The highest BCUT2D eigenvalue weighted by molar-refractivity contribution is 5.76. The summed E-state index contributed by atoms with van der Waals surface area (Å²) in [5.74, 6) is 2.04. The highest BCUT2D eigenvalue weighted by atomic mass is 16.5. The third-order valence-corrected chi connectivity index (χ3v) is 6.18. The molecule has 0 N–H and O–H groups in total. The van der Waals surface area contributed by atoms with Gasteiger partial charge in [-0.25, -0.2) is 0 Å². The van der Waals surface area contributed by atoms with E-state index < -0.39 is 0 Å². The number of hydrogen-bond donors (Lipinski definition) is 0. The van der Waals surface area contributed by atoms with Crippen LogP contribution in [0.2, 0.25) is 0 Å². The highest BCUT2D eigenvalue weighted by Gasteiger charge is 2.44. The Morgan fingerprint density at radius 3 is 2.59 bits per heavy atom. The Kier molecular flexibility index (Phi) is 4.38. The van der Waals surface area contributed by atoms with Crippen molar-refractivity contribution < 1.29 is 14.3 Å². The third kappa shape index (κ3) is 2.91. The Bertz CT molecular complexity index is 407. The van der Waals surface area contributed by atoms with E-state index >= 15 is 0 Å². The fraction of sp³-hybridized carbons (Fsp3) is 0.941. The molecule has 1 saturated carbocycles. The molecule has 3 aliphatic heterocycles. The molecular formula is C17H28N2O3. The van der Waals surface area contributed by atoms with Crippen LogP contribution in [0, 0.1) is 17.8 Å². The van der Waals surface area contributed by atoms with Crippen molar-refractivity contribution in [3.05, 3.63) is 0 Å². The summed E-state index contributed by atoms with van der Waals surface area (Å²) >= 11 is 0. The average molecular weight is 308 g/mol. The van der Waals surface area contributed by atoms with E-state index in [0.717, 1.165) is 32.3 Å². The number of fused-ring (bicyclic) bond motifs is 1. The van der Waals surface area contributed by atoms with E-state index in [-0.39, 0.29) is 0 Å². The molecule has 0 aromatic rings. The van der Waals surface area contributed by atoms with Crippen molar-refractivity contribution in [1.82, 2.24) is 9.80 Å². The van der Waals surface area contributed by atoms with Crippen LogP contribution < -0.4 is 0 Å². The van der Waals surface area contributed by atoms with Gasteiger partial charge in [-0.05, 0) is 30.6 Å². The molecule has 0 radical (unpaired) electrons. The van der Waals surface area contributed by atoms with Crippen molar-refractivity contribution in [2.45, 2.75) is 31.7 Å². The molecular weight excluding hydrogens is 280 g/mol. The molecule has 124 valence electrons. The minimum atomic E-state index is 0.305.